The number of ether oxygens (including phenoxy) is 1. The van der Waals surface area contributed by atoms with E-state index in [2.05, 4.69) is 17.3 Å². The third-order valence-corrected chi connectivity index (χ3v) is 6.46. The number of carbonyl (C=O) groups excluding carboxylic acids is 2. The predicted octanol–water partition coefficient (Wildman–Crippen LogP) is 2.82. The highest BCUT2D eigenvalue weighted by Crippen LogP contribution is 2.42. The lowest BCUT2D eigenvalue weighted by atomic mass is 9.79. The van der Waals surface area contributed by atoms with Crippen molar-refractivity contribution in [3.05, 3.63) is 71.3 Å². The van der Waals surface area contributed by atoms with Gasteiger partial charge >= 0.3 is 0 Å². The minimum Gasteiger partial charge on any atom is -0.383 e. The topological polar surface area (TPSA) is 61.9 Å². The van der Waals surface area contributed by atoms with E-state index in [1.807, 2.05) is 54.6 Å². The zero-order chi connectivity index (χ0) is 21.8. The number of likely N-dealkylation sites (tertiary alicyclic amines) is 1. The van der Waals surface area contributed by atoms with Crippen molar-refractivity contribution in [2.24, 2.45) is 0 Å². The molecule has 2 aromatic rings. The molecule has 0 radical (unpaired) electrons. The Hall–Kier alpha value is -2.70. The van der Waals surface area contributed by atoms with Crippen LogP contribution in [0.25, 0.3) is 0 Å². The largest absolute Gasteiger partial charge is 0.383 e. The first-order chi connectivity index (χ1) is 15.1. The molecule has 2 unspecified atom stereocenters. The van der Waals surface area contributed by atoms with E-state index in [0.29, 0.717) is 18.7 Å². The van der Waals surface area contributed by atoms with Crippen molar-refractivity contribution in [3.8, 4) is 0 Å². The van der Waals surface area contributed by atoms with Gasteiger partial charge in [0.05, 0.1) is 18.6 Å². The molecule has 2 atom stereocenters. The Morgan fingerprint density at radius 1 is 1.06 bits per heavy atom. The summed E-state index contributed by atoms with van der Waals surface area (Å²) in [5, 5.41) is 3.31. The molecule has 1 fully saturated rings. The molecular formula is C25H31N3O3. The van der Waals surface area contributed by atoms with Crippen LogP contribution in [0, 0.1) is 0 Å². The van der Waals surface area contributed by atoms with Gasteiger partial charge in [-0.3, -0.25) is 9.59 Å². The van der Waals surface area contributed by atoms with E-state index >= 15 is 0 Å². The summed E-state index contributed by atoms with van der Waals surface area (Å²) >= 11 is 0. The van der Waals surface area contributed by atoms with Crippen LogP contribution in [0.2, 0.25) is 0 Å². The summed E-state index contributed by atoms with van der Waals surface area (Å²) in [6.45, 7) is 2.81. The quantitative estimate of drug-likeness (QED) is 0.779. The van der Waals surface area contributed by atoms with Gasteiger partial charge in [0, 0.05) is 25.3 Å². The van der Waals surface area contributed by atoms with Crippen LogP contribution >= 0.6 is 0 Å². The normalized spacial score (nSPS) is 22.3. The fourth-order valence-electron chi connectivity index (χ4n) is 4.78. The molecule has 1 N–H and O–H groups in total. The molecule has 2 amide bonds. The molecular weight excluding hydrogens is 390 g/mol. The van der Waals surface area contributed by atoms with Gasteiger partial charge in [0.15, 0.2) is 0 Å². The van der Waals surface area contributed by atoms with E-state index in [1.165, 1.54) is 0 Å². The molecule has 2 aromatic carbocycles. The van der Waals surface area contributed by atoms with E-state index < -0.39 is 5.92 Å². The van der Waals surface area contributed by atoms with Gasteiger partial charge in [-0.1, -0.05) is 48.5 Å². The van der Waals surface area contributed by atoms with Gasteiger partial charge in [0.25, 0.3) is 5.91 Å². The summed E-state index contributed by atoms with van der Waals surface area (Å²) in [4.78, 5) is 31.3. The van der Waals surface area contributed by atoms with E-state index in [9.17, 15) is 9.59 Å². The van der Waals surface area contributed by atoms with Gasteiger partial charge in [0.2, 0.25) is 5.91 Å². The number of hydrogen-bond acceptors (Lipinski definition) is 4. The molecule has 0 spiro atoms. The van der Waals surface area contributed by atoms with Gasteiger partial charge in [-0.25, -0.2) is 0 Å². The maximum absolute atomic E-state index is 13.7. The lowest BCUT2D eigenvalue weighted by molar-refractivity contribution is -0.125. The number of methoxy groups -OCH3 is 1. The summed E-state index contributed by atoms with van der Waals surface area (Å²) in [5.41, 5.74) is 2.37. The highest BCUT2D eigenvalue weighted by molar-refractivity contribution is 6.01. The molecule has 0 aromatic heterocycles. The number of fused-ring (bicyclic) bond motifs is 1. The molecule has 0 aliphatic carbocycles. The Morgan fingerprint density at radius 3 is 2.45 bits per heavy atom. The van der Waals surface area contributed by atoms with Crippen LogP contribution in [0.3, 0.4) is 0 Å². The third-order valence-electron chi connectivity index (χ3n) is 6.46. The lowest BCUT2D eigenvalue weighted by Gasteiger charge is -2.42. The van der Waals surface area contributed by atoms with Crippen molar-refractivity contribution in [1.82, 2.24) is 15.1 Å². The minimum absolute atomic E-state index is 0.00854. The maximum atomic E-state index is 13.7. The molecule has 6 heteroatoms. The second-order valence-electron chi connectivity index (χ2n) is 8.50. The number of amides is 2. The Labute approximate surface area is 184 Å². The number of rotatable bonds is 6. The summed E-state index contributed by atoms with van der Waals surface area (Å²) in [5.74, 6) is -0.525. The fourth-order valence-corrected chi connectivity index (χ4v) is 4.78. The SMILES string of the molecule is COCCN1C(=O)c2ccccc2C(C(=O)NC2CCN(C)CC2)C1c1ccccc1. The number of hydrogen-bond donors (Lipinski definition) is 1. The Balaban J connectivity index is 1.73. The van der Waals surface area contributed by atoms with Crippen molar-refractivity contribution in [2.45, 2.75) is 30.8 Å². The monoisotopic (exact) mass is 421 g/mol. The molecule has 0 bridgehead atoms. The lowest BCUT2D eigenvalue weighted by Crippen LogP contribution is -2.51. The average Bonchev–Trinajstić information content (AvgIpc) is 2.80. The van der Waals surface area contributed by atoms with Crippen LogP contribution in [0.1, 0.15) is 46.3 Å². The van der Waals surface area contributed by atoms with Crippen LogP contribution < -0.4 is 5.32 Å². The Kier molecular flexibility index (Phi) is 6.68. The summed E-state index contributed by atoms with van der Waals surface area (Å²) in [6.07, 6.45) is 1.89. The van der Waals surface area contributed by atoms with Gasteiger partial charge in [-0.2, -0.15) is 0 Å². The number of nitrogens with one attached hydrogen (secondary N) is 1. The van der Waals surface area contributed by atoms with Crippen LogP contribution in [0.5, 0.6) is 0 Å². The number of benzene rings is 2. The number of piperidine rings is 1. The van der Waals surface area contributed by atoms with Crippen LogP contribution in [0.15, 0.2) is 54.6 Å². The van der Waals surface area contributed by atoms with Crippen molar-refractivity contribution in [1.29, 1.82) is 0 Å². The van der Waals surface area contributed by atoms with Gasteiger partial charge in [0.1, 0.15) is 0 Å². The third kappa shape index (κ3) is 4.50. The molecule has 164 valence electrons. The van der Waals surface area contributed by atoms with Crippen LogP contribution in [-0.2, 0) is 9.53 Å². The second kappa shape index (κ2) is 9.62. The Morgan fingerprint density at radius 2 is 1.74 bits per heavy atom. The Bertz CT molecular complexity index is 909. The van der Waals surface area contributed by atoms with Gasteiger partial charge in [-0.05, 0) is 50.2 Å². The average molecular weight is 422 g/mol. The first-order valence-corrected chi connectivity index (χ1v) is 11.0. The van der Waals surface area contributed by atoms with Crippen LogP contribution in [0.4, 0.5) is 0 Å². The predicted molar refractivity (Wildman–Crippen MR) is 120 cm³/mol. The number of carbonyl (C=O) groups is 2. The van der Waals surface area contributed by atoms with E-state index in [-0.39, 0.29) is 23.9 Å². The van der Waals surface area contributed by atoms with Crippen molar-refractivity contribution >= 4 is 11.8 Å². The maximum Gasteiger partial charge on any atom is 0.254 e. The highest BCUT2D eigenvalue weighted by Gasteiger charge is 2.44. The zero-order valence-corrected chi connectivity index (χ0v) is 18.3. The van der Waals surface area contributed by atoms with Gasteiger partial charge in [-0.15, -0.1) is 0 Å². The molecule has 1 saturated heterocycles. The first kappa shape index (κ1) is 21.5. The standard InChI is InChI=1S/C25H31N3O3/c1-27-14-12-19(13-15-27)26-24(29)22-20-10-6-7-11-21(20)25(30)28(16-17-31-2)23(22)18-8-4-3-5-9-18/h3-11,19,22-23H,12-17H2,1-2H3,(H,26,29). The van der Waals surface area contributed by atoms with Crippen molar-refractivity contribution in [2.75, 3.05) is 40.4 Å². The van der Waals surface area contributed by atoms with Crippen molar-refractivity contribution < 1.29 is 14.3 Å². The first-order valence-electron chi connectivity index (χ1n) is 11.0. The molecule has 2 aliphatic rings. The molecule has 6 nitrogen and oxygen atoms in total. The molecule has 4 rings (SSSR count). The second-order valence-corrected chi connectivity index (χ2v) is 8.50. The smallest absolute Gasteiger partial charge is 0.254 e. The molecule has 0 saturated carbocycles. The molecule has 31 heavy (non-hydrogen) atoms. The van der Waals surface area contributed by atoms with E-state index in [0.717, 1.165) is 37.1 Å². The van der Waals surface area contributed by atoms with Crippen LogP contribution in [-0.4, -0.2) is 68.1 Å². The summed E-state index contributed by atoms with van der Waals surface area (Å²) in [7, 11) is 3.74. The van der Waals surface area contributed by atoms with Gasteiger partial charge < -0.3 is 19.9 Å². The van der Waals surface area contributed by atoms with Crippen molar-refractivity contribution in [3.63, 3.8) is 0 Å². The van der Waals surface area contributed by atoms with E-state index in [4.69, 9.17) is 4.74 Å². The minimum atomic E-state index is -0.465. The molecule has 2 aliphatic heterocycles. The highest BCUT2D eigenvalue weighted by atomic mass is 16.5. The van der Waals surface area contributed by atoms with E-state index in [1.54, 1.807) is 12.0 Å². The summed E-state index contributed by atoms with van der Waals surface area (Å²) < 4.78 is 5.29. The molecule has 2 heterocycles. The summed E-state index contributed by atoms with van der Waals surface area (Å²) in [6, 6.07) is 17.2. The zero-order valence-electron chi connectivity index (χ0n) is 18.3. The fraction of sp³-hybridized carbons (Fsp3) is 0.440. The number of nitrogens with zero attached hydrogens (tertiary/aromatic N) is 2.